The summed E-state index contributed by atoms with van der Waals surface area (Å²) in [6.07, 6.45) is 2.83. The molecule has 2 aromatic carbocycles. The van der Waals surface area contributed by atoms with Gasteiger partial charge in [-0.25, -0.2) is 0 Å². The Morgan fingerprint density at radius 3 is 2.75 bits per heavy atom. The lowest BCUT2D eigenvalue weighted by atomic mass is 10.1. The molecule has 0 fully saturated rings. The highest BCUT2D eigenvalue weighted by atomic mass is 35.5. The zero-order chi connectivity index (χ0) is 14.1. The van der Waals surface area contributed by atoms with Crippen LogP contribution in [0.2, 0.25) is 10.0 Å². The maximum absolute atomic E-state index is 11.2. The third kappa shape index (κ3) is 2.33. The van der Waals surface area contributed by atoms with Gasteiger partial charge in [0.25, 0.3) is 0 Å². The molecule has 100 valence electrons. The summed E-state index contributed by atoms with van der Waals surface area (Å²) >= 11 is 12.2. The first-order valence-electron chi connectivity index (χ1n) is 6.16. The second-order valence-corrected chi connectivity index (χ2v) is 5.43. The number of aldehydes is 1. The molecule has 20 heavy (non-hydrogen) atoms. The van der Waals surface area contributed by atoms with E-state index in [1.54, 1.807) is 12.1 Å². The van der Waals surface area contributed by atoms with Gasteiger partial charge in [0.05, 0.1) is 5.52 Å². The normalized spacial score (nSPS) is 10.9. The summed E-state index contributed by atoms with van der Waals surface area (Å²) < 4.78 is 2.01. The number of aromatic nitrogens is 1. The maximum atomic E-state index is 11.2. The molecule has 3 rings (SSSR count). The van der Waals surface area contributed by atoms with Crippen LogP contribution in [-0.4, -0.2) is 10.9 Å². The summed E-state index contributed by atoms with van der Waals surface area (Å²) in [5, 5.41) is 2.35. The molecule has 0 radical (unpaired) electrons. The van der Waals surface area contributed by atoms with E-state index in [4.69, 9.17) is 23.2 Å². The molecule has 1 heterocycles. The molecule has 0 saturated carbocycles. The van der Waals surface area contributed by atoms with Crippen molar-refractivity contribution in [2.45, 2.75) is 6.54 Å². The molecule has 0 spiro atoms. The number of rotatable bonds is 3. The number of nitrogens with zero attached hydrogens (tertiary/aromatic N) is 1. The SMILES string of the molecule is O=Cc1cccc2ccn(Cc3cc(Cl)ccc3Cl)c12. The first-order chi connectivity index (χ1) is 9.69. The molecule has 0 aliphatic carbocycles. The van der Waals surface area contributed by atoms with Gasteiger partial charge in [-0.3, -0.25) is 4.79 Å². The van der Waals surface area contributed by atoms with Crippen molar-refractivity contribution in [3.8, 4) is 0 Å². The number of carbonyl (C=O) groups is 1. The predicted molar refractivity (Wildman–Crippen MR) is 82.9 cm³/mol. The average molecular weight is 304 g/mol. The molecule has 1 aromatic heterocycles. The van der Waals surface area contributed by atoms with Gasteiger partial charge in [-0.05, 0) is 35.9 Å². The summed E-state index contributed by atoms with van der Waals surface area (Å²) in [7, 11) is 0. The van der Waals surface area contributed by atoms with E-state index in [0.29, 0.717) is 22.2 Å². The predicted octanol–water partition coefficient (Wildman–Crippen LogP) is 4.81. The first-order valence-corrected chi connectivity index (χ1v) is 6.91. The molecule has 0 atom stereocenters. The smallest absolute Gasteiger partial charge is 0.152 e. The third-order valence-electron chi connectivity index (χ3n) is 3.30. The van der Waals surface area contributed by atoms with Crippen LogP contribution in [-0.2, 0) is 6.54 Å². The lowest BCUT2D eigenvalue weighted by Gasteiger charge is -2.09. The molecule has 3 aromatic rings. The van der Waals surface area contributed by atoms with Crippen LogP contribution in [0, 0.1) is 0 Å². The van der Waals surface area contributed by atoms with Crippen molar-refractivity contribution in [1.29, 1.82) is 0 Å². The molecule has 4 heteroatoms. The lowest BCUT2D eigenvalue weighted by Crippen LogP contribution is -2.00. The molecule has 0 N–H and O–H groups in total. The van der Waals surface area contributed by atoms with E-state index in [0.717, 1.165) is 22.8 Å². The van der Waals surface area contributed by atoms with Crippen molar-refractivity contribution in [2.75, 3.05) is 0 Å². The van der Waals surface area contributed by atoms with Crippen molar-refractivity contribution >= 4 is 40.4 Å². The Morgan fingerprint density at radius 2 is 1.95 bits per heavy atom. The standard InChI is InChI=1S/C16H11Cl2NO/c17-14-4-5-15(18)13(8-14)9-19-7-6-11-2-1-3-12(10-20)16(11)19/h1-8,10H,9H2. The van der Waals surface area contributed by atoms with Crippen LogP contribution >= 0.6 is 23.2 Å². The summed E-state index contributed by atoms with van der Waals surface area (Å²) in [5.74, 6) is 0. The topological polar surface area (TPSA) is 22.0 Å². The molecular weight excluding hydrogens is 293 g/mol. The van der Waals surface area contributed by atoms with E-state index in [2.05, 4.69) is 0 Å². The fourth-order valence-corrected chi connectivity index (χ4v) is 2.74. The Balaban J connectivity index is 2.11. The Bertz CT molecular complexity index is 792. The van der Waals surface area contributed by atoms with Gasteiger partial charge in [-0.1, -0.05) is 35.3 Å². The van der Waals surface area contributed by atoms with Gasteiger partial charge in [0, 0.05) is 33.7 Å². The van der Waals surface area contributed by atoms with Gasteiger partial charge in [-0.15, -0.1) is 0 Å². The fraction of sp³-hybridized carbons (Fsp3) is 0.0625. The minimum atomic E-state index is 0.577. The number of halogens is 2. The quantitative estimate of drug-likeness (QED) is 0.636. The Kier molecular flexibility index (Phi) is 3.51. The van der Waals surface area contributed by atoms with Gasteiger partial charge in [-0.2, -0.15) is 0 Å². The third-order valence-corrected chi connectivity index (χ3v) is 3.90. The summed E-state index contributed by atoms with van der Waals surface area (Å²) in [5.41, 5.74) is 2.52. The molecular formula is C16H11Cl2NO. The fourth-order valence-electron chi connectivity index (χ4n) is 2.37. The van der Waals surface area contributed by atoms with Gasteiger partial charge in [0.2, 0.25) is 0 Å². The number of hydrogen-bond acceptors (Lipinski definition) is 1. The van der Waals surface area contributed by atoms with Gasteiger partial charge in [0.1, 0.15) is 0 Å². The van der Waals surface area contributed by atoms with Crippen molar-refractivity contribution < 1.29 is 4.79 Å². The highest BCUT2D eigenvalue weighted by Gasteiger charge is 2.08. The summed E-state index contributed by atoms with van der Waals surface area (Å²) in [6.45, 7) is 0.577. The van der Waals surface area contributed by atoms with E-state index in [9.17, 15) is 4.79 Å². The first kappa shape index (κ1) is 13.2. The summed E-state index contributed by atoms with van der Waals surface area (Å²) in [6, 6.07) is 13.1. The van der Waals surface area contributed by atoms with Crippen LogP contribution in [0.4, 0.5) is 0 Å². The largest absolute Gasteiger partial charge is 0.342 e. The van der Waals surface area contributed by atoms with E-state index in [-0.39, 0.29) is 0 Å². The monoisotopic (exact) mass is 303 g/mol. The van der Waals surface area contributed by atoms with Crippen LogP contribution in [0.3, 0.4) is 0 Å². The molecule has 0 aliphatic rings. The van der Waals surface area contributed by atoms with E-state index in [1.807, 2.05) is 41.1 Å². The highest BCUT2D eigenvalue weighted by molar-refractivity contribution is 6.33. The minimum absolute atomic E-state index is 0.577. The van der Waals surface area contributed by atoms with Crippen LogP contribution in [0.15, 0.2) is 48.7 Å². The number of para-hydroxylation sites is 1. The van der Waals surface area contributed by atoms with Crippen molar-refractivity contribution in [3.63, 3.8) is 0 Å². The zero-order valence-electron chi connectivity index (χ0n) is 10.5. The van der Waals surface area contributed by atoms with E-state index < -0.39 is 0 Å². The molecule has 0 amide bonds. The molecule has 0 saturated heterocycles. The lowest BCUT2D eigenvalue weighted by molar-refractivity contribution is 0.112. The van der Waals surface area contributed by atoms with Crippen LogP contribution in [0.25, 0.3) is 10.9 Å². The van der Waals surface area contributed by atoms with Crippen molar-refractivity contribution in [3.05, 3.63) is 69.8 Å². The second kappa shape index (κ2) is 5.31. The highest BCUT2D eigenvalue weighted by Crippen LogP contribution is 2.25. The van der Waals surface area contributed by atoms with E-state index >= 15 is 0 Å². The summed E-state index contributed by atoms with van der Waals surface area (Å²) in [4.78, 5) is 11.2. The zero-order valence-corrected chi connectivity index (χ0v) is 12.0. The van der Waals surface area contributed by atoms with Crippen LogP contribution < -0.4 is 0 Å². The minimum Gasteiger partial charge on any atom is -0.342 e. The van der Waals surface area contributed by atoms with Gasteiger partial charge < -0.3 is 4.57 Å². The van der Waals surface area contributed by atoms with Gasteiger partial charge in [0.15, 0.2) is 6.29 Å². The average Bonchev–Trinajstić information content (AvgIpc) is 2.86. The Morgan fingerprint density at radius 1 is 1.10 bits per heavy atom. The second-order valence-electron chi connectivity index (χ2n) is 4.58. The number of fused-ring (bicyclic) bond motifs is 1. The van der Waals surface area contributed by atoms with E-state index in [1.165, 1.54) is 0 Å². The van der Waals surface area contributed by atoms with Gasteiger partial charge >= 0.3 is 0 Å². The molecule has 0 bridgehead atoms. The van der Waals surface area contributed by atoms with Crippen molar-refractivity contribution in [1.82, 2.24) is 4.57 Å². The Labute approximate surface area is 126 Å². The Hall–Kier alpha value is -1.77. The number of benzene rings is 2. The molecule has 2 nitrogen and oxygen atoms in total. The van der Waals surface area contributed by atoms with Crippen LogP contribution in [0.5, 0.6) is 0 Å². The molecule has 0 aliphatic heterocycles. The maximum Gasteiger partial charge on any atom is 0.152 e. The molecule has 0 unspecified atom stereocenters. The number of hydrogen-bond donors (Lipinski definition) is 0. The van der Waals surface area contributed by atoms with Crippen molar-refractivity contribution in [2.24, 2.45) is 0 Å². The number of carbonyl (C=O) groups excluding carboxylic acids is 1. The van der Waals surface area contributed by atoms with Crippen LogP contribution in [0.1, 0.15) is 15.9 Å².